The maximum atomic E-state index is 13.6. The summed E-state index contributed by atoms with van der Waals surface area (Å²) < 4.78 is 32.2. The molecule has 2 aromatic carbocycles. The van der Waals surface area contributed by atoms with Gasteiger partial charge in [-0.2, -0.15) is 0 Å². The number of hydrogen-bond acceptors (Lipinski definition) is 4. The van der Waals surface area contributed by atoms with Crippen LogP contribution in [0.1, 0.15) is 36.9 Å². The lowest BCUT2D eigenvalue weighted by molar-refractivity contribution is -0.134. The topological polar surface area (TPSA) is 61.9 Å². The van der Waals surface area contributed by atoms with Gasteiger partial charge in [-0.05, 0) is 68.6 Å². The number of nitrogens with one attached hydrogen (secondary N) is 1. The van der Waals surface area contributed by atoms with E-state index in [0.717, 1.165) is 24.1 Å². The molecule has 1 aliphatic rings. The van der Waals surface area contributed by atoms with Crippen molar-refractivity contribution in [1.82, 2.24) is 9.80 Å². The van der Waals surface area contributed by atoms with Gasteiger partial charge < -0.3 is 15.0 Å². The summed E-state index contributed by atoms with van der Waals surface area (Å²) in [6.07, 6.45) is 1.45. The quantitative estimate of drug-likeness (QED) is 0.702. The first-order valence-electron chi connectivity index (χ1n) is 10.6. The second-order valence-electron chi connectivity index (χ2n) is 8.18. The molecule has 0 saturated carbocycles. The minimum Gasteiger partial charge on any atom is -0.495 e. The zero-order valence-corrected chi connectivity index (χ0v) is 18.8. The van der Waals surface area contributed by atoms with E-state index in [4.69, 9.17) is 4.74 Å². The zero-order valence-electron chi connectivity index (χ0n) is 18.8. The van der Waals surface area contributed by atoms with Gasteiger partial charge in [-0.15, -0.1) is 0 Å². The number of halogens is 2. The normalized spacial score (nSPS) is 17.1. The molecule has 8 heteroatoms. The molecule has 1 aliphatic heterocycles. The van der Waals surface area contributed by atoms with Crippen LogP contribution in [-0.2, 0) is 9.59 Å². The molecule has 0 aliphatic carbocycles. The van der Waals surface area contributed by atoms with Crippen molar-refractivity contribution in [2.75, 3.05) is 32.6 Å². The van der Waals surface area contributed by atoms with Crippen LogP contribution in [0.5, 0.6) is 5.75 Å². The van der Waals surface area contributed by atoms with Crippen molar-refractivity contribution in [3.05, 3.63) is 59.2 Å². The van der Waals surface area contributed by atoms with E-state index in [9.17, 15) is 18.4 Å². The summed E-state index contributed by atoms with van der Waals surface area (Å²) in [5.41, 5.74) is 2.09. The highest BCUT2D eigenvalue weighted by atomic mass is 19.2. The van der Waals surface area contributed by atoms with Crippen LogP contribution in [0.2, 0.25) is 0 Å². The van der Waals surface area contributed by atoms with Crippen molar-refractivity contribution in [1.29, 1.82) is 0 Å². The molecule has 1 saturated heterocycles. The molecule has 1 N–H and O–H groups in total. The van der Waals surface area contributed by atoms with Crippen LogP contribution in [0.15, 0.2) is 36.4 Å². The average Bonchev–Trinajstić information content (AvgIpc) is 3.23. The summed E-state index contributed by atoms with van der Waals surface area (Å²) in [7, 11) is 3.17. The highest BCUT2D eigenvalue weighted by molar-refractivity contribution is 5.96. The summed E-state index contributed by atoms with van der Waals surface area (Å²) >= 11 is 0. The van der Waals surface area contributed by atoms with E-state index >= 15 is 0 Å². The number of amides is 2. The van der Waals surface area contributed by atoms with Gasteiger partial charge in [-0.1, -0.05) is 12.1 Å². The monoisotopic (exact) mass is 445 g/mol. The molecule has 6 nitrogen and oxygen atoms in total. The fourth-order valence-electron chi connectivity index (χ4n) is 3.94. The van der Waals surface area contributed by atoms with Crippen LogP contribution >= 0.6 is 0 Å². The summed E-state index contributed by atoms with van der Waals surface area (Å²) in [5.74, 6) is -1.68. The summed E-state index contributed by atoms with van der Waals surface area (Å²) in [5, 5.41) is 2.93. The fraction of sp³-hybridized carbons (Fsp3) is 0.417. The van der Waals surface area contributed by atoms with E-state index in [-0.39, 0.29) is 18.4 Å². The number of carbonyl (C=O) groups is 2. The number of hydrogen-bond donors (Lipinski definition) is 1. The maximum absolute atomic E-state index is 13.6. The molecule has 0 spiro atoms. The van der Waals surface area contributed by atoms with Crippen LogP contribution in [0.25, 0.3) is 0 Å². The first kappa shape index (κ1) is 23.7. The number of methoxy groups -OCH3 is 1. The van der Waals surface area contributed by atoms with Crippen molar-refractivity contribution in [3.63, 3.8) is 0 Å². The molecule has 0 bridgehead atoms. The largest absolute Gasteiger partial charge is 0.495 e. The van der Waals surface area contributed by atoms with Crippen molar-refractivity contribution < 1.29 is 23.1 Å². The van der Waals surface area contributed by atoms with Crippen LogP contribution in [-0.4, -0.2) is 54.9 Å². The number of rotatable bonds is 7. The van der Waals surface area contributed by atoms with Crippen molar-refractivity contribution >= 4 is 17.5 Å². The minimum absolute atomic E-state index is 0.0631. The Balaban J connectivity index is 1.66. The van der Waals surface area contributed by atoms with Crippen molar-refractivity contribution in [3.8, 4) is 5.75 Å². The van der Waals surface area contributed by atoms with Crippen LogP contribution < -0.4 is 10.1 Å². The predicted octanol–water partition coefficient (Wildman–Crippen LogP) is 3.90. The van der Waals surface area contributed by atoms with Crippen molar-refractivity contribution in [2.24, 2.45) is 0 Å². The van der Waals surface area contributed by atoms with Gasteiger partial charge in [0.25, 0.3) is 0 Å². The molecule has 1 heterocycles. The number of ether oxygens (including phenoxy) is 1. The molecule has 2 unspecified atom stereocenters. The van der Waals surface area contributed by atoms with Gasteiger partial charge in [0.1, 0.15) is 5.75 Å². The van der Waals surface area contributed by atoms with E-state index in [2.05, 4.69) is 5.32 Å². The molecular weight excluding hydrogens is 416 g/mol. The Kier molecular flexibility index (Phi) is 7.45. The Morgan fingerprint density at radius 3 is 2.66 bits per heavy atom. The van der Waals surface area contributed by atoms with E-state index in [0.29, 0.717) is 30.0 Å². The smallest absolute Gasteiger partial charge is 0.241 e. The number of likely N-dealkylation sites (N-methyl/N-ethyl adjacent to an activating group) is 1. The molecule has 1 fully saturated rings. The number of anilines is 1. The lowest BCUT2D eigenvalue weighted by Gasteiger charge is -2.29. The SMILES string of the molecule is COc1ccc(C)cc1NC(=O)C1CCCN1CC(=O)N(C)C(C)c1ccc(F)c(F)c1. The Bertz CT molecular complexity index is 998. The first-order valence-corrected chi connectivity index (χ1v) is 10.6. The molecule has 0 radical (unpaired) electrons. The second kappa shape index (κ2) is 10.1. The Labute approximate surface area is 187 Å². The van der Waals surface area contributed by atoms with E-state index in [1.165, 1.54) is 11.0 Å². The van der Waals surface area contributed by atoms with Crippen LogP contribution in [0.4, 0.5) is 14.5 Å². The molecule has 172 valence electrons. The third kappa shape index (κ3) is 5.24. The highest BCUT2D eigenvalue weighted by Crippen LogP contribution is 2.27. The molecule has 3 rings (SSSR count). The van der Waals surface area contributed by atoms with Crippen LogP contribution in [0, 0.1) is 18.6 Å². The van der Waals surface area contributed by atoms with Gasteiger partial charge in [0, 0.05) is 7.05 Å². The summed E-state index contributed by atoms with van der Waals surface area (Å²) in [6, 6.07) is 8.30. The van der Waals surface area contributed by atoms with Gasteiger partial charge in [-0.25, -0.2) is 8.78 Å². The van der Waals surface area contributed by atoms with E-state index in [1.54, 1.807) is 27.1 Å². The number of aryl methyl sites for hydroxylation is 1. The van der Waals surface area contributed by atoms with Gasteiger partial charge in [-0.3, -0.25) is 14.5 Å². The predicted molar refractivity (Wildman–Crippen MR) is 118 cm³/mol. The summed E-state index contributed by atoms with van der Waals surface area (Å²) in [4.78, 5) is 29.2. The van der Waals surface area contributed by atoms with Crippen molar-refractivity contribution in [2.45, 2.75) is 38.8 Å². The maximum Gasteiger partial charge on any atom is 0.241 e. The van der Waals surface area contributed by atoms with Crippen LogP contribution in [0.3, 0.4) is 0 Å². The van der Waals surface area contributed by atoms with Gasteiger partial charge in [0.05, 0.1) is 31.4 Å². The van der Waals surface area contributed by atoms with E-state index < -0.39 is 23.7 Å². The number of likely N-dealkylation sites (tertiary alicyclic amines) is 1. The molecule has 2 aromatic rings. The molecular formula is C24H29F2N3O3. The third-order valence-corrected chi connectivity index (χ3v) is 6.02. The Morgan fingerprint density at radius 1 is 1.22 bits per heavy atom. The first-order chi connectivity index (χ1) is 15.2. The Hall–Kier alpha value is -3.00. The molecule has 2 atom stereocenters. The average molecular weight is 446 g/mol. The zero-order chi connectivity index (χ0) is 23.4. The molecule has 32 heavy (non-hydrogen) atoms. The third-order valence-electron chi connectivity index (χ3n) is 6.02. The molecule has 0 aromatic heterocycles. The highest BCUT2D eigenvalue weighted by Gasteiger charge is 2.33. The van der Waals surface area contributed by atoms with E-state index in [1.807, 2.05) is 24.0 Å². The van der Waals surface area contributed by atoms with Gasteiger partial charge >= 0.3 is 0 Å². The Morgan fingerprint density at radius 2 is 1.97 bits per heavy atom. The number of nitrogens with zero attached hydrogens (tertiary/aromatic N) is 2. The van der Waals surface area contributed by atoms with Gasteiger partial charge in [0.15, 0.2) is 11.6 Å². The lowest BCUT2D eigenvalue weighted by Crippen LogP contribution is -2.45. The van der Waals surface area contributed by atoms with Gasteiger partial charge in [0.2, 0.25) is 11.8 Å². The second-order valence-corrected chi connectivity index (χ2v) is 8.18. The number of carbonyl (C=O) groups excluding carboxylic acids is 2. The molecule has 2 amide bonds. The minimum atomic E-state index is -0.946. The standard InChI is InChI=1S/C24H29F2N3O3/c1-15-7-10-22(32-4)20(12-15)27-24(31)21-6-5-11-29(21)14-23(30)28(3)16(2)17-8-9-18(25)19(26)13-17/h7-10,12-13,16,21H,5-6,11,14H2,1-4H3,(H,27,31). The number of benzene rings is 2. The fourth-order valence-corrected chi connectivity index (χ4v) is 3.94. The lowest BCUT2D eigenvalue weighted by atomic mass is 10.1. The summed E-state index contributed by atoms with van der Waals surface area (Å²) in [6.45, 7) is 4.37.